The van der Waals surface area contributed by atoms with Gasteiger partial charge in [-0.1, -0.05) is 45.2 Å². The zero-order valence-electron chi connectivity index (χ0n) is 18.4. The Hall–Kier alpha value is -1.93. The van der Waals surface area contributed by atoms with Gasteiger partial charge in [-0.25, -0.2) is 8.42 Å². The molecule has 1 saturated carbocycles. The maximum Gasteiger partial charge on any atom is 0.245 e. The standard InChI is InChI=1S/C22H35N3O4S/c1-4-23-21(27)22(16-8-7-9-17-22)24-20(26)15-12-18-10-13-19(14-11-18)30(28,29)25(5-2)6-3/h10-11,13-14H,4-9,12,15-17H2,1-3H3,(H,23,27)(H,24,26). The number of hydrogen-bond acceptors (Lipinski definition) is 4. The van der Waals surface area contributed by atoms with Gasteiger partial charge in [0.05, 0.1) is 4.90 Å². The van der Waals surface area contributed by atoms with Crippen molar-refractivity contribution >= 4 is 21.8 Å². The third kappa shape index (κ3) is 5.82. The first-order chi connectivity index (χ1) is 14.3. The molecule has 1 aliphatic rings. The van der Waals surface area contributed by atoms with Gasteiger partial charge in [0.15, 0.2) is 0 Å². The van der Waals surface area contributed by atoms with Crippen molar-refractivity contribution in [1.82, 2.24) is 14.9 Å². The lowest BCUT2D eigenvalue weighted by Gasteiger charge is -2.36. The molecule has 30 heavy (non-hydrogen) atoms. The lowest BCUT2D eigenvalue weighted by molar-refractivity contribution is -0.135. The van der Waals surface area contributed by atoms with Gasteiger partial charge in [0.1, 0.15) is 5.54 Å². The number of amides is 2. The number of rotatable bonds is 10. The van der Waals surface area contributed by atoms with E-state index in [1.54, 1.807) is 24.3 Å². The van der Waals surface area contributed by atoms with Gasteiger partial charge >= 0.3 is 0 Å². The first kappa shape index (κ1) is 24.3. The molecule has 0 saturated heterocycles. The lowest BCUT2D eigenvalue weighted by atomic mass is 9.80. The van der Waals surface area contributed by atoms with Crippen LogP contribution in [-0.2, 0) is 26.0 Å². The Labute approximate surface area is 180 Å². The SMILES string of the molecule is CCNC(=O)C1(NC(=O)CCc2ccc(S(=O)(=O)N(CC)CC)cc2)CCCCC1. The summed E-state index contributed by atoms with van der Waals surface area (Å²) in [7, 11) is -3.48. The van der Waals surface area contributed by atoms with Gasteiger partial charge in [-0.05, 0) is 43.9 Å². The van der Waals surface area contributed by atoms with Crippen LogP contribution >= 0.6 is 0 Å². The van der Waals surface area contributed by atoms with E-state index in [1.165, 1.54) is 4.31 Å². The summed E-state index contributed by atoms with van der Waals surface area (Å²) in [4.78, 5) is 25.4. The molecule has 0 aromatic heterocycles. The molecule has 0 atom stereocenters. The van der Waals surface area contributed by atoms with E-state index in [-0.39, 0.29) is 23.1 Å². The predicted molar refractivity (Wildman–Crippen MR) is 118 cm³/mol. The van der Waals surface area contributed by atoms with Crippen LogP contribution in [-0.4, -0.2) is 49.7 Å². The summed E-state index contributed by atoms with van der Waals surface area (Å²) in [5.74, 6) is -0.244. The van der Waals surface area contributed by atoms with Crippen LogP contribution in [0, 0.1) is 0 Å². The second-order valence-corrected chi connectivity index (χ2v) is 9.72. The van der Waals surface area contributed by atoms with E-state index in [0.717, 1.165) is 24.8 Å². The minimum absolute atomic E-state index is 0.0935. The third-order valence-corrected chi connectivity index (χ3v) is 7.83. The molecular weight excluding hydrogens is 402 g/mol. The highest BCUT2D eigenvalue weighted by molar-refractivity contribution is 7.89. The van der Waals surface area contributed by atoms with Crippen LogP contribution in [0.4, 0.5) is 0 Å². The fourth-order valence-corrected chi connectivity index (χ4v) is 5.48. The van der Waals surface area contributed by atoms with E-state index in [0.29, 0.717) is 38.9 Å². The number of aryl methyl sites for hydroxylation is 1. The number of hydrogen-bond donors (Lipinski definition) is 2. The molecule has 0 spiro atoms. The Balaban J connectivity index is 1.99. The van der Waals surface area contributed by atoms with E-state index in [9.17, 15) is 18.0 Å². The van der Waals surface area contributed by atoms with Crippen LogP contribution in [0.3, 0.4) is 0 Å². The Morgan fingerprint density at radius 3 is 2.13 bits per heavy atom. The quantitative estimate of drug-likeness (QED) is 0.588. The van der Waals surface area contributed by atoms with Crippen molar-refractivity contribution in [2.75, 3.05) is 19.6 Å². The molecule has 168 valence electrons. The maximum atomic E-state index is 12.6. The molecule has 0 unspecified atom stereocenters. The van der Waals surface area contributed by atoms with Gasteiger partial charge in [-0.2, -0.15) is 4.31 Å². The molecule has 2 amide bonds. The average Bonchev–Trinajstić information content (AvgIpc) is 2.74. The van der Waals surface area contributed by atoms with Crippen LogP contribution < -0.4 is 10.6 Å². The van der Waals surface area contributed by atoms with Crippen LogP contribution in [0.1, 0.15) is 64.9 Å². The topological polar surface area (TPSA) is 95.6 Å². The second kappa shape index (κ2) is 10.9. The molecular formula is C22H35N3O4S. The molecule has 1 fully saturated rings. The van der Waals surface area contributed by atoms with Crippen molar-refractivity contribution in [3.05, 3.63) is 29.8 Å². The summed E-state index contributed by atoms with van der Waals surface area (Å²) in [5, 5.41) is 5.86. The van der Waals surface area contributed by atoms with Gasteiger partial charge in [-0.3, -0.25) is 9.59 Å². The van der Waals surface area contributed by atoms with Gasteiger partial charge in [0.2, 0.25) is 21.8 Å². The number of nitrogens with zero attached hydrogens (tertiary/aromatic N) is 1. The maximum absolute atomic E-state index is 12.6. The molecule has 1 aromatic rings. The predicted octanol–water partition coefficient (Wildman–Crippen LogP) is 2.60. The summed E-state index contributed by atoms with van der Waals surface area (Å²) in [6, 6.07) is 6.70. The number of likely N-dealkylation sites (N-methyl/N-ethyl adjacent to an activating group) is 1. The van der Waals surface area contributed by atoms with Crippen molar-refractivity contribution in [3.8, 4) is 0 Å². The van der Waals surface area contributed by atoms with Crippen molar-refractivity contribution in [2.24, 2.45) is 0 Å². The summed E-state index contributed by atoms with van der Waals surface area (Å²) < 4.78 is 26.6. The number of nitrogens with one attached hydrogen (secondary N) is 2. The molecule has 0 aliphatic heterocycles. The summed E-state index contributed by atoms with van der Waals surface area (Å²) in [5.41, 5.74) is 0.0897. The molecule has 1 aliphatic carbocycles. The highest BCUT2D eigenvalue weighted by Gasteiger charge is 2.40. The van der Waals surface area contributed by atoms with Crippen LogP contribution in [0.25, 0.3) is 0 Å². The summed E-state index contributed by atoms with van der Waals surface area (Å²) >= 11 is 0. The first-order valence-corrected chi connectivity index (χ1v) is 12.4. The van der Waals surface area contributed by atoms with E-state index in [2.05, 4.69) is 10.6 Å². The Morgan fingerprint density at radius 1 is 1.00 bits per heavy atom. The molecule has 2 rings (SSSR count). The zero-order valence-corrected chi connectivity index (χ0v) is 19.2. The van der Waals surface area contributed by atoms with Crippen molar-refractivity contribution in [2.45, 2.75) is 76.2 Å². The first-order valence-electron chi connectivity index (χ1n) is 11.0. The summed E-state index contributed by atoms with van der Waals surface area (Å²) in [6.45, 7) is 6.89. The Bertz CT molecular complexity index is 811. The highest BCUT2D eigenvalue weighted by Crippen LogP contribution is 2.28. The summed E-state index contributed by atoms with van der Waals surface area (Å²) in [6.07, 6.45) is 5.02. The van der Waals surface area contributed by atoms with Gasteiger partial charge in [-0.15, -0.1) is 0 Å². The third-order valence-electron chi connectivity index (χ3n) is 5.77. The normalized spacial score (nSPS) is 16.3. The van der Waals surface area contributed by atoms with E-state index < -0.39 is 15.6 Å². The van der Waals surface area contributed by atoms with Crippen molar-refractivity contribution in [1.29, 1.82) is 0 Å². The second-order valence-electron chi connectivity index (χ2n) is 7.78. The lowest BCUT2D eigenvalue weighted by Crippen LogP contribution is -2.59. The monoisotopic (exact) mass is 437 g/mol. The number of carbonyl (C=O) groups excluding carboxylic acids is 2. The van der Waals surface area contributed by atoms with Crippen molar-refractivity contribution in [3.63, 3.8) is 0 Å². The highest BCUT2D eigenvalue weighted by atomic mass is 32.2. The van der Waals surface area contributed by atoms with Gasteiger partial charge in [0, 0.05) is 26.1 Å². The number of sulfonamides is 1. The Morgan fingerprint density at radius 2 is 1.60 bits per heavy atom. The minimum Gasteiger partial charge on any atom is -0.354 e. The smallest absolute Gasteiger partial charge is 0.245 e. The van der Waals surface area contributed by atoms with Gasteiger partial charge in [0.25, 0.3) is 0 Å². The molecule has 1 aromatic carbocycles. The number of benzene rings is 1. The molecule has 0 radical (unpaired) electrons. The Kier molecular flexibility index (Phi) is 8.85. The van der Waals surface area contributed by atoms with E-state index in [1.807, 2.05) is 20.8 Å². The fourth-order valence-electron chi connectivity index (χ4n) is 4.02. The molecule has 8 heteroatoms. The molecule has 2 N–H and O–H groups in total. The average molecular weight is 438 g/mol. The zero-order chi connectivity index (χ0) is 22.2. The molecule has 0 heterocycles. The van der Waals surface area contributed by atoms with Gasteiger partial charge < -0.3 is 10.6 Å². The van der Waals surface area contributed by atoms with E-state index >= 15 is 0 Å². The van der Waals surface area contributed by atoms with Crippen LogP contribution in [0.5, 0.6) is 0 Å². The number of carbonyl (C=O) groups is 2. The molecule has 0 bridgehead atoms. The van der Waals surface area contributed by atoms with Crippen LogP contribution in [0.2, 0.25) is 0 Å². The minimum atomic E-state index is -3.48. The van der Waals surface area contributed by atoms with Crippen molar-refractivity contribution < 1.29 is 18.0 Å². The largest absolute Gasteiger partial charge is 0.354 e. The molecule has 7 nitrogen and oxygen atoms in total. The van der Waals surface area contributed by atoms with E-state index in [4.69, 9.17) is 0 Å². The van der Waals surface area contributed by atoms with Crippen LogP contribution in [0.15, 0.2) is 29.2 Å². The fraction of sp³-hybridized carbons (Fsp3) is 0.636.